The van der Waals surface area contributed by atoms with Crippen molar-refractivity contribution < 1.29 is 4.39 Å². The van der Waals surface area contributed by atoms with E-state index >= 15 is 0 Å². The second-order valence-corrected chi connectivity index (χ2v) is 3.95. The fraction of sp³-hybridized carbons (Fsp3) is 0. The third-order valence-corrected chi connectivity index (χ3v) is 2.28. The van der Waals surface area contributed by atoms with Crippen LogP contribution in [-0.4, -0.2) is 4.98 Å². The molecule has 82 valence electrons. The van der Waals surface area contributed by atoms with E-state index in [1.54, 1.807) is 24.3 Å². The first-order valence-corrected chi connectivity index (χ1v) is 5.25. The van der Waals surface area contributed by atoms with Crippen molar-refractivity contribution in [3.05, 3.63) is 52.4 Å². The molecule has 0 radical (unpaired) electrons. The van der Waals surface area contributed by atoms with Gasteiger partial charge in [-0.3, -0.25) is 0 Å². The largest absolute Gasteiger partial charge is 0.340 e. The minimum atomic E-state index is -0.406. The fourth-order valence-electron chi connectivity index (χ4n) is 1.25. The van der Waals surface area contributed by atoms with Gasteiger partial charge in [-0.2, -0.15) is 0 Å². The Labute approximate surface area is 102 Å². The van der Waals surface area contributed by atoms with Crippen LogP contribution in [0.1, 0.15) is 0 Å². The van der Waals surface area contributed by atoms with E-state index in [0.29, 0.717) is 21.7 Å². The molecule has 0 fully saturated rings. The van der Waals surface area contributed by atoms with Crippen LogP contribution in [0.3, 0.4) is 0 Å². The average molecular weight is 257 g/mol. The lowest BCUT2D eigenvalue weighted by Crippen LogP contribution is -1.93. The highest BCUT2D eigenvalue weighted by Crippen LogP contribution is 2.21. The number of hydrogen-bond acceptors (Lipinski definition) is 2. The van der Waals surface area contributed by atoms with Gasteiger partial charge in [0.15, 0.2) is 0 Å². The van der Waals surface area contributed by atoms with Crippen molar-refractivity contribution in [1.29, 1.82) is 0 Å². The van der Waals surface area contributed by atoms with E-state index < -0.39 is 5.82 Å². The van der Waals surface area contributed by atoms with Gasteiger partial charge in [-0.1, -0.05) is 29.3 Å². The maximum absolute atomic E-state index is 13.0. The summed E-state index contributed by atoms with van der Waals surface area (Å²) in [6.45, 7) is 0. The van der Waals surface area contributed by atoms with Crippen LogP contribution in [-0.2, 0) is 0 Å². The molecule has 16 heavy (non-hydrogen) atoms. The molecular formula is C11H7Cl2FN2. The summed E-state index contributed by atoms with van der Waals surface area (Å²) in [5.41, 5.74) is 0.528. The molecule has 0 aliphatic heterocycles. The van der Waals surface area contributed by atoms with Crippen molar-refractivity contribution in [1.82, 2.24) is 4.98 Å². The Hall–Kier alpha value is -1.32. The third kappa shape index (κ3) is 2.84. The highest BCUT2D eigenvalue weighted by atomic mass is 35.5. The van der Waals surface area contributed by atoms with Gasteiger partial charge in [0.25, 0.3) is 0 Å². The quantitative estimate of drug-likeness (QED) is 0.812. The Bertz CT molecular complexity index is 497. The Morgan fingerprint density at radius 3 is 2.62 bits per heavy atom. The summed E-state index contributed by atoms with van der Waals surface area (Å²) in [5.74, 6) is 0.131. The number of pyridine rings is 1. The van der Waals surface area contributed by atoms with Crippen LogP contribution in [0.25, 0.3) is 0 Å². The predicted molar refractivity (Wildman–Crippen MR) is 63.9 cm³/mol. The molecule has 5 heteroatoms. The highest BCUT2D eigenvalue weighted by molar-refractivity contribution is 6.31. The Balaban J connectivity index is 2.27. The summed E-state index contributed by atoms with van der Waals surface area (Å²) >= 11 is 11.4. The molecule has 1 N–H and O–H groups in total. The average Bonchev–Trinajstić information content (AvgIpc) is 2.15. The van der Waals surface area contributed by atoms with Crippen molar-refractivity contribution in [3.63, 3.8) is 0 Å². The van der Waals surface area contributed by atoms with Gasteiger partial charge in [0.1, 0.15) is 16.8 Å². The molecule has 1 aromatic heterocycles. The summed E-state index contributed by atoms with van der Waals surface area (Å²) in [4.78, 5) is 4.02. The summed E-state index contributed by atoms with van der Waals surface area (Å²) in [7, 11) is 0. The Morgan fingerprint density at radius 1 is 1.12 bits per heavy atom. The normalized spacial score (nSPS) is 10.2. The van der Waals surface area contributed by atoms with Crippen molar-refractivity contribution in [2.75, 3.05) is 5.32 Å². The van der Waals surface area contributed by atoms with Crippen LogP contribution in [0, 0.1) is 5.82 Å². The van der Waals surface area contributed by atoms with Gasteiger partial charge >= 0.3 is 0 Å². The van der Waals surface area contributed by atoms with Crippen molar-refractivity contribution in [2.45, 2.75) is 0 Å². The zero-order chi connectivity index (χ0) is 11.5. The van der Waals surface area contributed by atoms with Gasteiger partial charge in [-0.15, -0.1) is 0 Å². The maximum atomic E-state index is 13.0. The topological polar surface area (TPSA) is 24.9 Å². The van der Waals surface area contributed by atoms with E-state index in [1.165, 1.54) is 12.1 Å². The molecule has 1 heterocycles. The van der Waals surface area contributed by atoms with Gasteiger partial charge in [0, 0.05) is 10.7 Å². The summed E-state index contributed by atoms with van der Waals surface area (Å²) in [5, 5.41) is 3.60. The van der Waals surface area contributed by atoms with Gasteiger partial charge in [0.2, 0.25) is 0 Å². The van der Waals surface area contributed by atoms with E-state index in [0.717, 1.165) is 0 Å². The van der Waals surface area contributed by atoms with E-state index in [1.807, 2.05) is 0 Å². The summed E-state index contributed by atoms with van der Waals surface area (Å²) in [6.07, 6.45) is 0. The van der Waals surface area contributed by atoms with Crippen molar-refractivity contribution in [2.24, 2.45) is 0 Å². The molecule has 0 spiro atoms. The molecule has 0 atom stereocenters. The van der Waals surface area contributed by atoms with E-state index in [-0.39, 0.29) is 0 Å². The second kappa shape index (κ2) is 4.68. The number of aromatic nitrogens is 1. The van der Waals surface area contributed by atoms with Crippen LogP contribution in [0.5, 0.6) is 0 Å². The van der Waals surface area contributed by atoms with Gasteiger partial charge in [-0.25, -0.2) is 9.37 Å². The summed E-state index contributed by atoms with van der Waals surface area (Å²) < 4.78 is 13.0. The number of nitrogens with zero attached hydrogens (tertiary/aromatic N) is 1. The SMILES string of the molecule is Fc1cc(Cl)cc(Nc2cccc(Cl)n2)c1. The lowest BCUT2D eigenvalue weighted by atomic mass is 10.3. The molecule has 0 aliphatic carbocycles. The number of rotatable bonds is 2. The minimum Gasteiger partial charge on any atom is -0.340 e. The molecule has 2 nitrogen and oxygen atoms in total. The molecule has 1 aromatic carbocycles. The second-order valence-electron chi connectivity index (χ2n) is 3.13. The first-order valence-electron chi connectivity index (χ1n) is 4.49. The molecule has 0 unspecified atom stereocenters. The van der Waals surface area contributed by atoms with E-state index in [9.17, 15) is 4.39 Å². The van der Waals surface area contributed by atoms with Crippen LogP contribution in [0.2, 0.25) is 10.2 Å². The van der Waals surface area contributed by atoms with Crippen LogP contribution in [0.4, 0.5) is 15.9 Å². The molecule has 0 saturated heterocycles. The molecule has 0 aliphatic rings. The van der Waals surface area contributed by atoms with Gasteiger partial charge < -0.3 is 5.32 Å². The molecule has 0 amide bonds. The number of anilines is 2. The number of nitrogens with one attached hydrogen (secondary N) is 1. The minimum absolute atomic E-state index is 0.324. The Kier molecular flexibility index (Phi) is 3.27. The lowest BCUT2D eigenvalue weighted by molar-refractivity contribution is 0.628. The van der Waals surface area contributed by atoms with Crippen molar-refractivity contribution in [3.8, 4) is 0 Å². The standard InChI is InChI=1S/C11H7Cl2FN2/c12-7-4-8(14)6-9(5-7)15-11-3-1-2-10(13)16-11/h1-6H,(H,15,16). The highest BCUT2D eigenvalue weighted by Gasteiger charge is 2.01. The zero-order valence-electron chi connectivity index (χ0n) is 8.05. The van der Waals surface area contributed by atoms with Gasteiger partial charge in [-0.05, 0) is 30.3 Å². The predicted octanol–water partition coefficient (Wildman–Crippen LogP) is 4.27. The number of benzene rings is 1. The lowest BCUT2D eigenvalue weighted by Gasteiger charge is -2.06. The number of halogens is 3. The third-order valence-electron chi connectivity index (χ3n) is 1.85. The fourth-order valence-corrected chi connectivity index (χ4v) is 1.64. The van der Waals surface area contributed by atoms with Crippen LogP contribution >= 0.6 is 23.2 Å². The van der Waals surface area contributed by atoms with E-state index in [4.69, 9.17) is 23.2 Å². The molecule has 0 bridgehead atoms. The monoisotopic (exact) mass is 256 g/mol. The smallest absolute Gasteiger partial charge is 0.132 e. The Morgan fingerprint density at radius 2 is 1.94 bits per heavy atom. The zero-order valence-corrected chi connectivity index (χ0v) is 9.56. The molecule has 0 saturated carbocycles. The maximum Gasteiger partial charge on any atom is 0.132 e. The summed E-state index contributed by atoms with van der Waals surface area (Å²) in [6, 6.07) is 9.30. The molecule has 2 aromatic rings. The van der Waals surface area contributed by atoms with Crippen LogP contribution in [0.15, 0.2) is 36.4 Å². The first-order chi connectivity index (χ1) is 7.63. The molecule has 2 rings (SSSR count). The number of hydrogen-bond donors (Lipinski definition) is 1. The van der Waals surface area contributed by atoms with Crippen LogP contribution < -0.4 is 5.32 Å². The van der Waals surface area contributed by atoms with Crippen molar-refractivity contribution >= 4 is 34.7 Å². The first kappa shape index (κ1) is 11.2. The van der Waals surface area contributed by atoms with E-state index in [2.05, 4.69) is 10.3 Å². The van der Waals surface area contributed by atoms with Gasteiger partial charge in [0.05, 0.1) is 0 Å². The molecular weight excluding hydrogens is 250 g/mol.